The van der Waals surface area contributed by atoms with Crippen LogP contribution < -0.4 is 5.73 Å². The molecule has 0 radical (unpaired) electrons. The fraction of sp³-hybridized carbons (Fsp3) is 0.812. The number of aryl methyl sites for hydroxylation is 1. The maximum atomic E-state index is 13.0. The summed E-state index contributed by atoms with van der Waals surface area (Å²) in [6, 6.07) is 0.0669. The van der Waals surface area contributed by atoms with Crippen molar-refractivity contribution in [3.05, 3.63) is 11.7 Å². The molecule has 2 bridgehead atoms. The Bertz CT molecular complexity index is 570. The molecule has 1 amide bonds. The molecule has 4 rings (SSSR count). The fourth-order valence-corrected chi connectivity index (χ4v) is 4.77. The first kappa shape index (κ1) is 14.2. The van der Waals surface area contributed by atoms with E-state index in [1.807, 2.05) is 11.8 Å². The number of carbonyl (C=O) groups is 1. The largest absolute Gasteiger partial charge is 0.342 e. The summed E-state index contributed by atoms with van der Waals surface area (Å²) < 4.78 is 5.30. The lowest BCUT2D eigenvalue weighted by molar-refractivity contribution is -0.139. The van der Waals surface area contributed by atoms with Gasteiger partial charge in [0, 0.05) is 19.1 Å². The highest BCUT2D eigenvalue weighted by Gasteiger charge is 2.50. The van der Waals surface area contributed by atoms with Gasteiger partial charge in [-0.15, -0.1) is 0 Å². The molecule has 1 aromatic heterocycles. The summed E-state index contributed by atoms with van der Waals surface area (Å²) in [6.45, 7) is 3.36. The van der Waals surface area contributed by atoms with E-state index in [4.69, 9.17) is 10.3 Å². The number of hydrogen-bond donors (Lipinski definition) is 1. The molecule has 5 atom stereocenters. The van der Waals surface area contributed by atoms with Gasteiger partial charge in [0.1, 0.15) is 0 Å². The van der Waals surface area contributed by atoms with Gasteiger partial charge in [-0.3, -0.25) is 4.79 Å². The Kier molecular flexibility index (Phi) is 3.44. The van der Waals surface area contributed by atoms with Crippen LogP contribution in [0.3, 0.4) is 0 Å². The fourth-order valence-electron chi connectivity index (χ4n) is 4.77. The molecule has 3 aliphatic rings. The minimum atomic E-state index is 0.0434. The van der Waals surface area contributed by atoms with Gasteiger partial charge in [-0.25, -0.2) is 0 Å². The summed E-state index contributed by atoms with van der Waals surface area (Å²) in [5, 5.41) is 3.87. The molecule has 22 heavy (non-hydrogen) atoms. The molecular formula is C16H24N4O2. The van der Waals surface area contributed by atoms with Gasteiger partial charge in [-0.05, 0) is 50.9 Å². The van der Waals surface area contributed by atoms with E-state index < -0.39 is 0 Å². The van der Waals surface area contributed by atoms with Crippen LogP contribution in [0.1, 0.15) is 49.7 Å². The first-order valence-electron chi connectivity index (χ1n) is 8.48. The van der Waals surface area contributed by atoms with Crippen molar-refractivity contribution >= 4 is 5.91 Å². The van der Waals surface area contributed by atoms with Crippen LogP contribution in [-0.2, 0) is 4.79 Å². The Hall–Kier alpha value is -1.43. The number of nitrogens with two attached hydrogens (primary N) is 1. The molecule has 1 saturated heterocycles. The van der Waals surface area contributed by atoms with Crippen molar-refractivity contribution in [2.45, 2.75) is 51.0 Å². The lowest BCUT2D eigenvalue weighted by Crippen LogP contribution is -2.49. The first-order chi connectivity index (χ1) is 10.6. The van der Waals surface area contributed by atoms with Crippen LogP contribution >= 0.6 is 0 Å². The number of amides is 1. The number of nitrogens with zero attached hydrogens (tertiary/aromatic N) is 3. The molecule has 6 nitrogen and oxygen atoms in total. The molecule has 2 aliphatic carbocycles. The minimum Gasteiger partial charge on any atom is -0.342 e. The number of aromatic nitrogens is 2. The highest BCUT2D eigenvalue weighted by molar-refractivity contribution is 5.80. The zero-order valence-corrected chi connectivity index (χ0v) is 13.1. The van der Waals surface area contributed by atoms with Crippen molar-refractivity contribution in [3.8, 4) is 0 Å². The minimum absolute atomic E-state index is 0.0434. The quantitative estimate of drug-likeness (QED) is 0.894. The SMILES string of the molecule is Cc1noc(C2CCCN(C(=O)C3C4CCC(C4)C3N)C2)n1. The summed E-state index contributed by atoms with van der Waals surface area (Å²) in [5.74, 6) is 2.90. The van der Waals surface area contributed by atoms with Gasteiger partial charge in [0.15, 0.2) is 5.82 Å². The van der Waals surface area contributed by atoms with E-state index in [2.05, 4.69) is 10.1 Å². The molecule has 2 N–H and O–H groups in total. The number of likely N-dealkylation sites (tertiary alicyclic amines) is 1. The van der Waals surface area contributed by atoms with Gasteiger partial charge in [-0.2, -0.15) is 4.98 Å². The van der Waals surface area contributed by atoms with Gasteiger partial charge in [0.2, 0.25) is 11.8 Å². The topological polar surface area (TPSA) is 85.2 Å². The molecule has 120 valence electrons. The zero-order chi connectivity index (χ0) is 15.3. The Morgan fingerprint density at radius 3 is 2.82 bits per heavy atom. The van der Waals surface area contributed by atoms with Crippen LogP contribution in [0.2, 0.25) is 0 Å². The molecule has 6 heteroatoms. The van der Waals surface area contributed by atoms with E-state index in [1.54, 1.807) is 0 Å². The van der Waals surface area contributed by atoms with Crippen LogP contribution in [0.5, 0.6) is 0 Å². The maximum absolute atomic E-state index is 13.0. The average molecular weight is 304 g/mol. The monoisotopic (exact) mass is 304 g/mol. The number of rotatable bonds is 2. The average Bonchev–Trinajstić information content (AvgIpc) is 3.23. The highest BCUT2D eigenvalue weighted by Crippen LogP contribution is 2.48. The lowest BCUT2D eigenvalue weighted by Gasteiger charge is -2.36. The van der Waals surface area contributed by atoms with Gasteiger partial charge in [-0.1, -0.05) is 5.16 Å². The predicted octanol–water partition coefficient (Wildman–Crippen LogP) is 1.46. The Labute approximate surface area is 130 Å². The van der Waals surface area contributed by atoms with Crippen molar-refractivity contribution in [1.29, 1.82) is 0 Å². The van der Waals surface area contributed by atoms with E-state index in [0.29, 0.717) is 30.1 Å². The molecule has 2 saturated carbocycles. The summed E-state index contributed by atoms with van der Waals surface area (Å²) in [6.07, 6.45) is 5.54. The summed E-state index contributed by atoms with van der Waals surface area (Å²) in [4.78, 5) is 19.3. The van der Waals surface area contributed by atoms with Crippen molar-refractivity contribution < 1.29 is 9.32 Å². The second-order valence-electron chi connectivity index (χ2n) is 7.24. The third-order valence-corrected chi connectivity index (χ3v) is 5.89. The number of fused-ring (bicyclic) bond motifs is 2. The molecule has 0 aromatic carbocycles. The van der Waals surface area contributed by atoms with Crippen LogP contribution in [0, 0.1) is 24.7 Å². The third kappa shape index (κ3) is 2.24. The van der Waals surface area contributed by atoms with Crippen LogP contribution in [0.4, 0.5) is 0 Å². The van der Waals surface area contributed by atoms with Crippen molar-refractivity contribution in [2.24, 2.45) is 23.5 Å². The molecule has 1 aliphatic heterocycles. The normalized spacial score (nSPS) is 37.7. The van der Waals surface area contributed by atoms with E-state index in [0.717, 1.165) is 25.8 Å². The van der Waals surface area contributed by atoms with Crippen molar-refractivity contribution in [3.63, 3.8) is 0 Å². The second kappa shape index (κ2) is 5.33. The molecular weight excluding hydrogens is 280 g/mol. The molecule has 2 heterocycles. The summed E-state index contributed by atoms with van der Waals surface area (Å²) in [5.41, 5.74) is 6.33. The van der Waals surface area contributed by atoms with E-state index >= 15 is 0 Å². The Morgan fingerprint density at radius 2 is 2.14 bits per heavy atom. The van der Waals surface area contributed by atoms with E-state index in [-0.39, 0.29) is 23.8 Å². The summed E-state index contributed by atoms with van der Waals surface area (Å²) >= 11 is 0. The van der Waals surface area contributed by atoms with E-state index in [1.165, 1.54) is 12.8 Å². The Balaban J connectivity index is 1.47. The van der Waals surface area contributed by atoms with Crippen LogP contribution in [0.15, 0.2) is 4.52 Å². The van der Waals surface area contributed by atoms with Crippen molar-refractivity contribution in [1.82, 2.24) is 15.0 Å². The van der Waals surface area contributed by atoms with Gasteiger partial charge >= 0.3 is 0 Å². The molecule has 0 spiro atoms. The molecule has 5 unspecified atom stereocenters. The zero-order valence-electron chi connectivity index (χ0n) is 13.1. The predicted molar refractivity (Wildman–Crippen MR) is 79.9 cm³/mol. The number of carbonyl (C=O) groups excluding carboxylic acids is 1. The van der Waals surface area contributed by atoms with E-state index in [9.17, 15) is 4.79 Å². The maximum Gasteiger partial charge on any atom is 0.231 e. The standard InChI is InChI=1S/C16H24N4O2/c1-9-18-15(22-19-9)12-3-2-6-20(8-12)16(21)13-10-4-5-11(7-10)14(13)17/h10-14H,2-8,17H2,1H3. The third-order valence-electron chi connectivity index (χ3n) is 5.89. The van der Waals surface area contributed by atoms with Gasteiger partial charge < -0.3 is 15.2 Å². The smallest absolute Gasteiger partial charge is 0.231 e. The highest BCUT2D eigenvalue weighted by atomic mass is 16.5. The summed E-state index contributed by atoms with van der Waals surface area (Å²) in [7, 11) is 0. The second-order valence-corrected chi connectivity index (χ2v) is 7.24. The van der Waals surface area contributed by atoms with Gasteiger partial charge in [0.25, 0.3) is 0 Å². The van der Waals surface area contributed by atoms with Crippen LogP contribution in [-0.4, -0.2) is 40.1 Å². The van der Waals surface area contributed by atoms with Gasteiger partial charge in [0.05, 0.1) is 11.8 Å². The van der Waals surface area contributed by atoms with Crippen molar-refractivity contribution in [2.75, 3.05) is 13.1 Å². The number of piperidine rings is 1. The number of hydrogen-bond acceptors (Lipinski definition) is 5. The lowest BCUT2D eigenvalue weighted by atomic mass is 9.83. The van der Waals surface area contributed by atoms with Crippen LogP contribution in [0.25, 0.3) is 0 Å². The Morgan fingerprint density at radius 1 is 1.32 bits per heavy atom. The molecule has 1 aromatic rings. The first-order valence-corrected chi connectivity index (χ1v) is 8.48. The molecule has 3 fully saturated rings.